The minimum absolute atomic E-state index is 0.0373. The van der Waals surface area contributed by atoms with Crippen LogP contribution in [0.15, 0.2) is 42.5 Å². The molecule has 1 aliphatic heterocycles. The van der Waals surface area contributed by atoms with Crippen LogP contribution in [0.25, 0.3) is 11.6 Å². The summed E-state index contributed by atoms with van der Waals surface area (Å²) in [7, 11) is 0. The van der Waals surface area contributed by atoms with Crippen LogP contribution in [0.4, 0.5) is 26.3 Å². The largest absolute Gasteiger partial charge is 0.471 e. The van der Waals surface area contributed by atoms with E-state index in [0.29, 0.717) is 23.4 Å². The first kappa shape index (κ1) is 17.3. The maximum Gasteiger partial charge on any atom is 0.416 e. The number of alkyl halides is 6. The third-order valence-electron chi connectivity index (χ3n) is 3.71. The summed E-state index contributed by atoms with van der Waals surface area (Å²) < 4.78 is 83.3. The number of nitrogens with two attached hydrogens (primary N) is 1. The normalized spacial score (nSPS) is 17.6. The van der Waals surface area contributed by atoms with Gasteiger partial charge in [-0.1, -0.05) is 18.2 Å². The Kier molecular flexibility index (Phi) is 4.03. The first-order chi connectivity index (χ1) is 11.6. The van der Waals surface area contributed by atoms with Crippen LogP contribution < -0.4 is 10.5 Å². The zero-order valence-corrected chi connectivity index (χ0v) is 12.4. The summed E-state index contributed by atoms with van der Waals surface area (Å²) >= 11 is 0. The molecule has 0 saturated carbocycles. The third kappa shape index (κ3) is 3.48. The van der Waals surface area contributed by atoms with E-state index in [-0.39, 0.29) is 17.2 Å². The Hall–Kier alpha value is -2.48. The van der Waals surface area contributed by atoms with Gasteiger partial charge in [-0.3, -0.25) is 5.73 Å². The Morgan fingerprint density at radius 3 is 1.96 bits per heavy atom. The first-order valence-corrected chi connectivity index (χ1v) is 7.08. The molecule has 0 saturated heterocycles. The van der Waals surface area contributed by atoms with E-state index in [9.17, 15) is 26.3 Å². The van der Waals surface area contributed by atoms with E-state index in [1.165, 1.54) is 6.08 Å². The van der Waals surface area contributed by atoms with Gasteiger partial charge in [-0.05, 0) is 35.9 Å². The second-order valence-corrected chi connectivity index (χ2v) is 5.47. The Bertz CT molecular complexity index is 806. The Morgan fingerprint density at radius 1 is 0.840 bits per heavy atom. The van der Waals surface area contributed by atoms with Gasteiger partial charge in [-0.15, -0.1) is 0 Å². The molecule has 0 amide bonds. The molecule has 1 aliphatic rings. The predicted molar refractivity (Wildman–Crippen MR) is 79.4 cm³/mol. The monoisotopic (exact) mass is 359 g/mol. The maximum atomic E-state index is 13.0. The van der Waals surface area contributed by atoms with Crippen molar-refractivity contribution in [2.45, 2.75) is 18.6 Å². The van der Waals surface area contributed by atoms with E-state index in [2.05, 4.69) is 0 Å². The van der Waals surface area contributed by atoms with Crippen LogP contribution in [0, 0.1) is 0 Å². The molecule has 3 rings (SSSR count). The highest BCUT2D eigenvalue weighted by atomic mass is 19.4. The maximum absolute atomic E-state index is 13.0. The van der Waals surface area contributed by atoms with Crippen molar-refractivity contribution in [3.8, 4) is 5.75 Å². The summed E-state index contributed by atoms with van der Waals surface area (Å²) in [5.74, 6) is 0.404. The molecule has 1 atom stereocenters. The molecule has 0 aromatic heterocycles. The Labute approximate surface area is 138 Å². The molecule has 2 aromatic rings. The number of para-hydroxylation sites is 1. The van der Waals surface area contributed by atoms with Crippen molar-refractivity contribution < 1.29 is 31.1 Å². The van der Waals surface area contributed by atoms with E-state index in [4.69, 9.17) is 10.5 Å². The second kappa shape index (κ2) is 5.80. The summed E-state index contributed by atoms with van der Waals surface area (Å²) in [5.41, 5.74) is 3.26. The number of fused-ring (bicyclic) bond motifs is 1. The lowest BCUT2D eigenvalue weighted by Gasteiger charge is -2.25. The average molecular weight is 359 g/mol. The second-order valence-electron chi connectivity index (χ2n) is 5.47. The highest BCUT2D eigenvalue weighted by Gasteiger charge is 2.37. The van der Waals surface area contributed by atoms with Gasteiger partial charge < -0.3 is 4.74 Å². The fourth-order valence-corrected chi connectivity index (χ4v) is 2.53. The van der Waals surface area contributed by atoms with E-state index >= 15 is 0 Å². The number of halogens is 6. The molecule has 2 nitrogen and oxygen atoms in total. The first-order valence-electron chi connectivity index (χ1n) is 7.08. The lowest BCUT2D eigenvalue weighted by molar-refractivity contribution is -0.143. The quantitative estimate of drug-likeness (QED) is 0.732. The molecule has 1 heterocycles. The van der Waals surface area contributed by atoms with E-state index in [0.717, 1.165) is 0 Å². The summed E-state index contributed by atoms with van der Waals surface area (Å²) in [6, 6.07) is 7.93. The van der Waals surface area contributed by atoms with E-state index < -0.39 is 29.7 Å². The van der Waals surface area contributed by atoms with Gasteiger partial charge in [0.1, 0.15) is 5.75 Å². The zero-order chi connectivity index (χ0) is 18.4. The van der Waals surface area contributed by atoms with Gasteiger partial charge in [0.15, 0.2) is 6.23 Å². The van der Waals surface area contributed by atoms with Crippen molar-refractivity contribution in [3.63, 3.8) is 0 Å². The Morgan fingerprint density at radius 2 is 1.40 bits per heavy atom. The number of hydrogen-bond donors (Lipinski definition) is 1. The smallest absolute Gasteiger partial charge is 0.416 e. The standard InChI is InChI=1S/C17H11F6NO/c18-16(19,20)11-5-10(6-12(8-11)17(21,22)23)13-7-9-3-1-2-4-14(9)25-15(13)24/h1-8,15H,24H2. The molecule has 1 unspecified atom stereocenters. The van der Waals surface area contributed by atoms with Gasteiger partial charge in [-0.25, -0.2) is 0 Å². The fourth-order valence-electron chi connectivity index (χ4n) is 2.53. The Balaban J connectivity index is 2.18. The molecule has 0 bridgehead atoms. The number of ether oxygens (including phenoxy) is 1. The van der Waals surface area contributed by atoms with Crippen molar-refractivity contribution in [3.05, 3.63) is 64.7 Å². The molecule has 2 N–H and O–H groups in total. The molecular weight excluding hydrogens is 348 g/mol. The van der Waals surface area contributed by atoms with Crippen molar-refractivity contribution in [2.75, 3.05) is 0 Å². The molecular formula is C17H11F6NO. The molecule has 0 spiro atoms. The lowest BCUT2D eigenvalue weighted by atomic mass is 9.95. The van der Waals surface area contributed by atoms with Crippen LogP contribution in [0.2, 0.25) is 0 Å². The van der Waals surface area contributed by atoms with Crippen molar-refractivity contribution >= 4 is 11.6 Å². The van der Waals surface area contributed by atoms with Crippen molar-refractivity contribution in [1.82, 2.24) is 0 Å². The molecule has 2 aromatic carbocycles. The topological polar surface area (TPSA) is 35.2 Å². The number of hydrogen-bond acceptors (Lipinski definition) is 2. The van der Waals surface area contributed by atoms with Crippen LogP contribution in [0.3, 0.4) is 0 Å². The molecule has 0 fully saturated rings. The summed E-state index contributed by atoms with van der Waals surface area (Å²) in [6.45, 7) is 0. The van der Waals surface area contributed by atoms with Crippen LogP contribution in [-0.2, 0) is 12.4 Å². The SMILES string of the molecule is NC1Oc2ccccc2C=C1c1cc(C(F)(F)F)cc(C(F)(F)F)c1. The van der Waals surface area contributed by atoms with Gasteiger partial charge in [0.25, 0.3) is 0 Å². The molecule has 132 valence electrons. The van der Waals surface area contributed by atoms with E-state index in [1.807, 2.05) is 0 Å². The molecule has 25 heavy (non-hydrogen) atoms. The van der Waals surface area contributed by atoms with Crippen LogP contribution in [0.1, 0.15) is 22.3 Å². The van der Waals surface area contributed by atoms with Gasteiger partial charge in [0, 0.05) is 11.1 Å². The third-order valence-corrected chi connectivity index (χ3v) is 3.71. The summed E-state index contributed by atoms with van der Waals surface area (Å²) in [6.07, 6.45) is -9.60. The average Bonchev–Trinajstić information content (AvgIpc) is 2.52. The van der Waals surface area contributed by atoms with Gasteiger partial charge in [-0.2, -0.15) is 26.3 Å². The van der Waals surface area contributed by atoms with Crippen LogP contribution >= 0.6 is 0 Å². The fraction of sp³-hybridized carbons (Fsp3) is 0.176. The van der Waals surface area contributed by atoms with Crippen LogP contribution in [0.5, 0.6) is 5.75 Å². The van der Waals surface area contributed by atoms with Gasteiger partial charge >= 0.3 is 12.4 Å². The molecule has 8 heteroatoms. The molecule has 0 radical (unpaired) electrons. The number of benzene rings is 2. The number of rotatable bonds is 1. The van der Waals surface area contributed by atoms with Crippen molar-refractivity contribution in [1.29, 1.82) is 0 Å². The van der Waals surface area contributed by atoms with Crippen molar-refractivity contribution in [2.24, 2.45) is 5.73 Å². The van der Waals surface area contributed by atoms with Gasteiger partial charge in [0.05, 0.1) is 11.1 Å². The van der Waals surface area contributed by atoms with E-state index in [1.54, 1.807) is 24.3 Å². The highest BCUT2D eigenvalue weighted by molar-refractivity contribution is 5.87. The van der Waals surface area contributed by atoms with Gasteiger partial charge in [0.2, 0.25) is 0 Å². The highest BCUT2D eigenvalue weighted by Crippen LogP contribution is 2.40. The van der Waals surface area contributed by atoms with Crippen LogP contribution in [-0.4, -0.2) is 6.23 Å². The lowest BCUT2D eigenvalue weighted by Crippen LogP contribution is -2.31. The molecule has 0 aliphatic carbocycles. The zero-order valence-electron chi connectivity index (χ0n) is 12.4. The summed E-state index contributed by atoms with van der Waals surface area (Å²) in [4.78, 5) is 0. The summed E-state index contributed by atoms with van der Waals surface area (Å²) in [5, 5.41) is 0. The predicted octanol–water partition coefficient (Wildman–Crippen LogP) is 4.94. The minimum atomic E-state index is -4.92. The minimum Gasteiger partial charge on any atom is -0.471 e.